The van der Waals surface area contributed by atoms with E-state index in [9.17, 15) is 17.6 Å². The minimum absolute atomic E-state index is 0.0356. The maximum Gasteiger partial charge on any atom is 0.152 e. The van der Waals surface area contributed by atoms with Crippen LogP contribution in [0.4, 0.5) is 23.2 Å². The van der Waals surface area contributed by atoms with Gasteiger partial charge in [-0.05, 0) is 17.7 Å². The van der Waals surface area contributed by atoms with Crippen molar-refractivity contribution in [2.75, 3.05) is 4.90 Å². The molecule has 2 aromatic rings. The summed E-state index contributed by atoms with van der Waals surface area (Å²) in [6, 6.07) is 4.91. The third-order valence-electron chi connectivity index (χ3n) is 3.18. The van der Waals surface area contributed by atoms with Crippen LogP contribution >= 0.6 is 0 Å². The van der Waals surface area contributed by atoms with Crippen LogP contribution in [-0.4, -0.2) is 5.84 Å². The minimum atomic E-state index is -1.10. The van der Waals surface area contributed by atoms with Crippen molar-refractivity contribution in [1.82, 2.24) is 0 Å². The van der Waals surface area contributed by atoms with Crippen LogP contribution in [0.3, 0.4) is 0 Å². The molecule has 2 nitrogen and oxygen atoms in total. The molecule has 0 saturated carbocycles. The number of nitrogens with one attached hydrogen (secondary N) is 1. The molecule has 0 unspecified atom stereocenters. The number of nitrogens with zero attached hydrogens (tertiary/aromatic N) is 1. The molecule has 0 radical (unpaired) electrons. The van der Waals surface area contributed by atoms with E-state index >= 15 is 0 Å². The quantitative estimate of drug-likeness (QED) is 0.794. The predicted octanol–water partition coefficient (Wildman–Crippen LogP) is 3.59. The van der Waals surface area contributed by atoms with Gasteiger partial charge in [0.1, 0.15) is 23.2 Å². The highest BCUT2D eigenvalue weighted by Crippen LogP contribution is 2.32. The molecule has 0 atom stereocenters. The molecule has 3 rings (SSSR count). The fourth-order valence-corrected chi connectivity index (χ4v) is 2.29. The molecule has 0 aliphatic carbocycles. The minimum Gasteiger partial charge on any atom is -0.317 e. The number of hydrogen-bond donors (Lipinski definition) is 1. The van der Waals surface area contributed by atoms with Crippen LogP contribution in [0.5, 0.6) is 0 Å². The molecule has 1 aliphatic heterocycles. The summed E-state index contributed by atoms with van der Waals surface area (Å²) in [5.41, 5.74) is 0.348. The van der Waals surface area contributed by atoms with E-state index in [-0.39, 0.29) is 17.9 Å². The van der Waals surface area contributed by atoms with E-state index in [1.165, 1.54) is 12.1 Å². The third kappa shape index (κ3) is 1.84. The van der Waals surface area contributed by atoms with Crippen LogP contribution < -0.4 is 4.90 Å². The smallest absolute Gasteiger partial charge is 0.152 e. The first-order chi connectivity index (χ1) is 9.47. The lowest BCUT2D eigenvalue weighted by atomic mass is 10.1. The highest BCUT2D eigenvalue weighted by atomic mass is 19.1. The van der Waals surface area contributed by atoms with Gasteiger partial charge in [-0.1, -0.05) is 6.07 Å². The highest BCUT2D eigenvalue weighted by Gasteiger charge is 2.30. The molecule has 0 spiro atoms. The zero-order chi connectivity index (χ0) is 14.4. The molecule has 0 amide bonds. The van der Waals surface area contributed by atoms with E-state index in [1.807, 2.05) is 0 Å². The Morgan fingerprint density at radius 1 is 0.900 bits per heavy atom. The highest BCUT2D eigenvalue weighted by molar-refractivity contribution is 6.11. The molecule has 1 heterocycles. The maximum atomic E-state index is 13.7. The summed E-state index contributed by atoms with van der Waals surface area (Å²) in [6.07, 6.45) is 0. The summed E-state index contributed by atoms with van der Waals surface area (Å²) in [6.45, 7) is 0.0356. The van der Waals surface area contributed by atoms with Crippen molar-refractivity contribution in [2.24, 2.45) is 0 Å². The largest absolute Gasteiger partial charge is 0.317 e. The van der Waals surface area contributed by atoms with E-state index < -0.39 is 29.0 Å². The standard InChI is InChI=1S/C14H8F4N2/c15-8-2-1-7-6-20(14(19)10(7)3-8)13-11(17)4-9(16)5-12(13)18/h1-5,19H,6H2. The second-order valence-corrected chi connectivity index (χ2v) is 4.45. The first-order valence-corrected chi connectivity index (χ1v) is 5.77. The van der Waals surface area contributed by atoms with Crippen molar-refractivity contribution < 1.29 is 17.6 Å². The number of amidine groups is 1. The summed E-state index contributed by atoms with van der Waals surface area (Å²) in [4.78, 5) is 1.05. The topological polar surface area (TPSA) is 27.1 Å². The number of benzene rings is 2. The lowest BCUT2D eigenvalue weighted by Gasteiger charge is -2.19. The number of halogens is 4. The van der Waals surface area contributed by atoms with Gasteiger partial charge >= 0.3 is 0 Å². The zero-order valence-electron chi connectivity index (χ0n) is 10.1. The van der Waals surface area contributed by atoms with E-state index in [0.29, 0.717) is 17.7 Å². The molecule has 1 N–H and O–H groups in total. The molecule has 0 aromatic heterocycles. The van der Waals surface area contributed by atoms with Gasteiger partial charge in [-0.15, -0.1) is 0 Å². The van der Waals surface area contributed by atoms with Crippen molar-refractivity contribution in [1.29, 1.82) is 5.41 Å². The van der Waals surface area contributed by atoms with Crippen molar-refractivity contribution in [3.05, 3.63) is 64.7 Å². The Balaban J connectivity index is 2.09. The van der Waals surface area contributed by atoms with Gasteiger partial charge in [0.2, 0.25) is 0 Å². The van der Waals surface area contributed by atoms with Crippen LogP contribution in [0.2, 0.25) is 0 Å². The van der Waals surface area contributed by atoms with Crippen LogP contribution in [0.25, 0.3) is 0 Å². The zero-order valence-corrected chi connectivity index (χ0v) is 10.1. The SMILES string of the molecule is N=C1c2cc(F)ccc2CN1c1c(F)cc(F)cc1F. The van der Waals surface area contributed by atoms with Gasteiger partial charge < -0.3 is 4.90 Å². The first kappa shape index (κ1) is 12.7. The molecule has 0 saturated heterocycles. The molecule has 102 valence electrons. The predicted molar refractivity (Wildman–Crippen MR) is 65.7 cm³/mol. The van der Waals surface area contributed by atoms with Crippen molar-refractivity contribution in [3.8, 4) is 0 Å². The average molecular weight is 280 g/mol. The molecule has 0 fully saturated rings. The normalized spacial score (nSPS) is 13.8. The Bertz CT molecular complexity index is 704. The van der Waals surface area contributed by atoms with Gasteiger partial charge in [-0.3, -0.25) is 5.41 Å². The molecule has 6 heteroatoms. The molecule has 2 aromatic carbocycles. The first-order valence-electron chi connectivity index (χ1n) is 5.77. The van der Waals surface area contributed by atoms with Gasteiger partial charge in [0, 0.05) is 17.7 Å². The van der Waals surface area contributed by atoms with Gasteiger partial charge in [0.15, 0.2) is 11.6 Å². The second kappa shape index (κ2) is 4.33. The van der Waals surface area contributed by atoms with E-state index in [4.69, 9.17) is 5.41 Å². The Kier molecular flexibility index (Phi) is 2.74. The lowest BCUT2D eigenvalue weighted by molar-refractivity contribution is 0.543. The third-order valence-corrected chi connectivity index (χ3v) is 3.18. The fourth-order valence-electron chi connectivity index (χ4n) is 2.29. The molecular formula is C14H8F4N2. The average Bonchev–Trinajstić information content (AvgIpc) is 2.66. The van der Waals surface area contributed by atoms with E-state index in [2.05, 4.69) is 0 Å². The molecule has 0 bridgehead atoms. The summed E-state index contributed by atoms with van der Waals surface area (Å²) in [5.74, 6) is -3.97. The maximum absolute atomic E-state index is 13.7. The summed E-state index contributed by atoms with van der Waals surface area (Å²) >= 11 is 0. The summed E-state index contributed by atoms with van der Waals surface area (Å²) in [7, 11) is 0. The Morgan fingerprint density at radius 3 is 2.20 bits per heavy atom. The van der Waals surface area contributed by atoms with Crippen LogP contribution in [0.1, 0.15) is 11.1 Å². The van der Waals surface area contributed by atoms with Gasteiger partial charge in [0.25, 0.3) is 0 Å². The molecular weight excluding hydrogens is 272 g/mol. The number of anilines is 1. The van der Waals surface area contributed by atoms with Gasteiger partial charge in [-0.2, -0.15) is 0 Å². The summed E-state index contributed by atoms with van der Waals surface area (Å²) < 4.78 is 53.6. The fraction of sp³-hybridized carbons (Fsp3) is 0.0714. The Morgan fingerprint density at radius 2 is 1.55 bits per heavy atom. The van der Waals surface area contributed by atoms with Crippen LogP contribution in [0.15, 0.2) is 30.3 Å². The lowest BCUT2D eigenvalue weighted by Crippen LogP contribution is -2.25. The Labute approximate surface area is 111 Å². The second-order valence-electron chi connectivity index (χ2n) is 4.45. The monoisotopic (exact) mass is 280 g/mol. The van der Waals surface area contributed by atoms with Gasteiger partial charge in [0.05, 0.1) is 6.54 Å². The van der Waals surface area contributed by atoms with Crippen LogP contribution in [-0.2, 0) is 6.54 Å². The van der Waals surface area contributed by atoms with Crippen molar-refractivity contribution in [2.45, 2.75) is 6.54 Å². The van der Waals surface area contributed by atoms with Gasteiger partial charge in [-0.25, -0.2) is 17.6 Å². The van der Waals surface area contributed by atoms with Crippen molar-refractivity contribution in [3.63, 3.8) is 0 Å². The van der Waals surface area contributed by atoms with Crippen molar-refractivity contribution >= 4 is 11.5 Å². The van der Waals surface area contributed by atoms with Crippen LogP contribution in [0, 0.1) is 28.7 Å². The summed E-state index contributed by atoms with van der Waals surface area (Å²) in [5, 5.41) is 7.90. The Hall–Kier alpha value is -2.37. The number of rotatable bonds is 1. The molecule has 1 aliphatic rings. The molecule has 20 heavy (non-hydrogen) atoms. The number of hydrogen-bond acceptors (Lipinski definition) is 1. The number of fused-ring (bicyclic) bond motifs is 1. The van der Waals surface area contributed by atoms with E-state index in [1.54, 1.807) is 0 Å². The van der Waals surface area contributed by atoms with E-state index in [0.717, 1.165) is 11.0 Å².